The molecule has 1 aliphatic rings. The fourth-order valence-corrected chi connectivity index (χ4v) is 6.03. The number of aromatic nitrogens is 1. The summed E-state index contributed by atoms with van der Waals surface area (Å²) in [4.78, 5) is 21.5. The van der Waals surface area contributed by atoms with Gasteiger partial charge < -0.3 is 14.9 Å². The van der Waals surface area contributed by atoms with E-state index >= 15 is 0 Å². The highest BCUT2D eigenvalue weighted by molar-refractivity contribution is 7.92. The topological polar surface area (TPSA) is 103 Å². The minimum atomic E-state index is -3.85. The molecule has 0 unspecified atom stereocenters. The van der Waals surface area contributed by atoms with Gasteiger partial charge in [-0.15, -0.1) is 0 Å². The van der Waals surface area contributed by atoms with Crippen LogP contribution in [0.3, 0.4) is 0 Å². The van der Waals surface area contributed by atoms with Gasteiger partial charge in [0.05, 0.1) is 16.0 Å². The molecule has 0 spiro atoms. The van der Waals surface area contributed by atoms with E-state index in [4.69, 9.17) is 4.98 Å². The third-order valence-electron chi connectivity index (χ3n) is 6.64. The number of nitrogens with zero attached hydrogens (tertiary/aromatic N) is 3. The van der Waals surface area contributed by atoms with Crippen LogP contribution in [0.2, 0.25) is 0 Å². The summed E-state index contributed by atoms with van der Waals surface area (Å²) >= 11 is 0. The molecule has 5 rings (SSSR count). The molecular formula is C28H28N4O4S. The monoisotopic (exact) mass is 516 g/mol. The fourth-order valence-electron chi connectivity index (χ4n) is 4.65. The molecule has 0 radical (unpaired) electrons. The number of aryl methyl sites for hydroxylation is 2. The number of fused-ring (bicyclic) bond motifs is 1. The number of hydrogen-bond donors (Lipinski definition) is 2. The second-order valence-electron chi connectivity index (χ2n) is 9.25. The van der Waals surface area contributed by atoms with E-state index in [0.717, 1.165) is 24.3 Å². The van der Waals surface area contributed by atoms with Crippen molar-refractivity contribution < 1.29 is 18.3 Å². The maximum atomic E-state index is 13.1. The summed E-state index contributed by atoms with van der Waals surface area (Å²) in [5.74, 6) is -0.493. The van der Waals surface area contributed by atoms with Gasteiger partial charge in [-0.2, -0.15) is 0 Å². The molecule has 0 atom stereocenters. The number of benzene rings is 3. The maximum absolute atomic E-state index is 13.1. The van der Waals surface area contributed by atoms with Crippen LogP contribution in [0.15, 0.2) is 77.7 Å². The number of rotatable bonds is 6. The summed E-state index contributed by atoms with van der Waals surface area (Å²) < 4.78 is 28.7. The van der Waals surface area contributed by atoms with Crippen LogP contribution < -0.4 is 14.5 Å². The van der Waals surface area contributed by atoms with E-state index in [0.29, 0.717) is 35.4 Å². The molecule has 0 saturated carbocycles. The predicted molar refractivity (Wildman–Crippen MR) is 146 cm³/mol. The molecule has 4 aromatic rings. The first-order valence-electron chi connectivity index (χ1n) is 12.0. The van der Waals surface area contributed by atoms with Crippen LogP contribution in [0.25, 0.3) is 10.9 Å². The maximum Gasteiger partial charge on any atom is 0.336 e. The molecular weight excluding hydrogens is 488 g/mol. The van der Waals surface area contributed by atoms with Crippen molar-refractivity contribution in [3.05, 3.63) is 89.5 Å². The average molecular weight is 517 g/mol. The number of carbonyl (C=O) groups is 1. The van der Waals surface area contributed by atoms with Crippen LogP contribution in [0.1, 0.15) is 21.5 Å². The summed E-state index contributed by atoms with van der Waals surface area (Å²) in [6, 6.07) is 21.8. The third-order valence-corrected chi connectivity index (χ3v) is 8.16. The van der Waals surface area contributed by atoms with E-state index in [-0.39, 0.29) is 16.1 Å². The van der Waals surface area contributed by atoms with Crippen molar-refractivity contribution in [2.45, 2.75) is 18.7 Å². The van der Waals surface area contributed by atoms with E-state index in [1.807, 2.05) is 31.2 Å². The zero-order chi connectivity index (χ0) is 26.2. The highest BCUT2D eigenvalue weighted by atomic mass is 32.2. The van der Waals surface area contributed by atoms with Crippen LogP contribution in [0.4, 0.5) is 17.2 Å². The Morgan fingerprint density at radius 1 is 0.892 bits per heavy atom. The van der Waals surface area contributed by atoms with Crippen molar-refractivity contribution in [2.75, 3.05) is 40.7 Å². The molecule has 0 amide bonds. The first-order chi connectivity index (χ1) is 17.7. The van der Waals surface area contributed by atoms with E-state index in [2.05, 4.69) is 26.7 Å². The van der Waals surface area contributed by atoms with E-state index in [9.17, 15) is 18.3 Å². The van der Waals surface area contributed by atoms with Crippen LogP contribution in [-0.2, 0) is 10.0 Å². The second-order valence-corrected chi connectivity index (χ2v) is 10.9. The molecule has 1 aromatic heterocycles. The molecule has 1 aliphatic heterocycles. The van der Waals surface area contributed by atoms with Crippen molar-refractivity contribution in [2.24, 2.45) is 0 Å². The number of anilines is 3. The second kappa shape index (κ2) is 9.74. The van der Waals surface area contributed by atoms with Gasteiger partial charge in [0, 0.05) is 42.9 Å². The van der Waals surface area contributed by atoms with Gasteiger partial charge in [-0.3, -0.25) is 4.72 Å². The molecule has 0 aliphatic carbocycles. The summed E-state index contributed by atoms with van der Waals surface area (Å²) in [5.41, 5.74) is 3.48. The summed E-state index contributed by atoms with van der Waals surface area (Å²) in [5, 5.41) is 10.3. The van der Waals surface area contributed by atoms with Gasteiger partial charge in [-0.25, -0.2) is 18.2 Å². The van der Waals surface area contributed by atoms with Gasteiger partial charge in [-0.1, -0.05) is 30.3 Å². The van der Waals surface area contributed by atoms with Crippen molar-refractivity contribution in [1.82, 2.24) is 4.98 Å². The van der Waals surface area contributed by atoms with Gasteiger partial charge in [-0.05, 0) is 67.4 Å². The Labute approximate surface area is 216 Å². The first kappa shape index (κ1) is 24.6. The van der Waals surface area contributed by atoms with Crippen molar-refractivity contribution in [1.29, 1.82) is 0 Å². The molecule has 2 heterocycles. The SMILES string of the molecule is Cc1ccc(C)c(S(=O)(=O)Nc2ccc3nc(N4CCN(c5ccccc5)CC4)cc(C(=O)O)c3c2)c1. The smallest absolute Gasteiger partial charge is 0.336 e. The number of pyridine rings is 1. The largest absolute Gasteiger partial charge is 0.478 e. The fraction of sp³-hybridized carbons (Fsp3) is 0.214. The van der Waals surface area contributed by atoms with Gasteiger partial charge in [0.15, 0.2) is 0 Å². The lowest BCUT2D eigenvalue weighted by Gasteiger charge is -2.37. The van der Waals surface area contributed by atoms with Crippen LogP contribution in [0.5, 0.6) is 0 Å². The zero-order valence-corrected chi connectivity index (χ0v) is 21.5. The van der Waals surface area contributed by atoms with Crippen LogP contribution in [0, 0.1) is 13.8 Å². The number of carboxylic acids is 1. The van der Waals surface area contributed by atoms with Crippen LogP contribution >= 0.6 is 0 Å². The van der Waals surface area contributed by atoms with E-state index in [1.165, 1.54) is 6.07 Å². The summed E-state index contributed by atoms with van der Waals surface area (Å²) in [6.45, 7) is 6.58. The van der Waals surface area contributed by atoms with Crippen molar-refractivity contribution >= 4 is 44.1 Å². The molecule has 0 bridgehead atoms. The Bertz CT molecular complexity index is 1580. The lowest BCUT2D eigenvalue weighted by Crippen LogP contribution is -2.46. The lowest BCUT2D eigenvalue weighted by molar-refractivity contribution is 0.0699. The number of nitrogens with one attached hydrogen (secondary N) is 1. The average Bonchev–Trinajstić information content (AvgIpc) is 2.89. The molecule has 1 saturated heterocycles. The highest BCUT2D eigenvalue weighted by Crippen LogP contribution is 2.29. The Morgan fingerprint density at radius 3 is 2.30 bits per heavy atom. The Hall–Kier alpha value is -4.11. The summed E-state index contributed by atoms with van der Waals surface area (Å²) in [7, 11) is -3.85. The van der Waals surface area contributed by atoms with Gasteiger partial charge in [0.1, 0.15) is 5.82 Å². The quantitative estimate of drug-likeness (QED) is 0.384. The molecule has 37 heavy (non-hydrogen) atoms. The molecule has 3 aromatic carbocycles. The standard InChI is InChI=1S/C28H28N4O4S/c1-19-8-9-20(2)26(16-19)37(35,36)30-21-10-11-25-23(17-21)24(28(33)34)18-27(29-25)32-14-12-31(13-15-32)22-6-4-3-5-7-22/h3-11,16-18,30H,12-15H2,1-2H3,(H,33,34). The minimum Gasteiger partial charge on any atom is -0.478 e. The van der Waals surface area contributed by atoms with Gasteiger partial charge in [0.25, 0.3) is 10.0 Å². The zero-order valence-electron chi connectivity index (χ0n) is 20.7. The molecule has 190 valence electrons. The van der Waals surface area contributed by atoms with Crippen LogP contribution in [-0.4, -0.2) is 50.7 Å². The van der Waals surface area contributed by atoms with Gasteiger partial charge in [0.2, 0.25) is 0 Å². The van der Waals surface area contributed by atoms with E-state index in [1.54, 1.807) is 37.3 Å². The van der Waals surface area contributed by atoms with E-state index < -0.39 is 16.0 Å². The highest BCUT2D eigenvalue weighted by Gasteiger charge is 2.22. The Kier molecular flexibility index (Phi) is 6.47. The minimum absolute atomic E-state index is 0.0817. The summed E-state index contributed by atoms with van der Waals surface area (Å²) in [6.07, 6.45) is 0. The number of para-hydroxylation sites is 1. The van der Waals surface area contributed by atoms with Crippen molar-refractivity contribution in [3.8, 4) is 0 Å². The predicted octanol–water partition coefficient (Wildman–Crippen LogP) is 4.68. The molecule has 9 heteroatoms. The Morgan fingerprint density at radius 2 is 1.59 bits per heavy atom. The molecule has 2 N–H and O–H groups in total. The number of sulfonamides is 1. The normalized spacial score (nSPS) is 14.1. The number of hydrogen-bond acceptors (Lipinski definition) is 6. The Balaban J connectivity index is 1.42. The number of carboxylic acid groups (broad SMARTS) is 1. The van der Waals surface area contributed by atoms with Crippen molar-refractivity contribution in [3.63, 3.8) is 0 Å². The lowest BCUT2D eigenvalue weighted by atomic mass is 10.1. The number of piperazine rings is 1. The number of aromatic carboxylic acids is 1. The molecule has 1 fully saturated rings. The molecule has 8 nitrogen and oxygen atoms in total. The third kappa shape index (κ3) is 5.08. The van der Waals surface area contributed by atoms with Gasteiger partial charge >= 0.3 is 5.97 Å². The first-order valence-corrected chi connectivity index (χ1v) is 13.5.